The SMILES string of the molecule is CCc1nc(C(COC)(NC2CC2)C(C)C)sc1C. The predicted octanol–water partition coefficient (Wildman–Crippen LogP) is 3.26. The summed E-state index contributed by atoms with van der Waals surface area (Å²) in [5.41, 5.74) is 1.11. The van der Waals surface area contributed by atoms with Crippen LogP contribution in [0, 0.1) is 12.8 Å². The van der Waals surface area contributed by atoms with Crippen LogP contribution in [0.15, 0.2) is 0 Å². The van der Waals surface area contributed by atoms with E-state index in [9.17, 15) is 0 Å². The fourth-order valence-corrected chi connectivity index (χ4v) is 3.80. The number of aryl methyl sites for hydroxylation is 2. The Balaban J connectivity index is 2.37. The maximum Gasteiger partial charge on any atom is 0.116 e. The van der Waals surface area contributed by atoms with Gasteiger partial charge in [-0.15, -0.1) is 11.3 Å². The van der Waals surface area contributed by atoms with Gasteiger partial charge < -0.3 is 10.1 Å². The van der Waals surface area contributed by atoms with Crippen molar-refractivity contribution >= 4 is 11.3 Å². The van der Waals surface area contributed by atoms with Gasteiger partial charge in [-0.2, -0.15) is 0 Å². The number of nitrogens with zero attached hydrogens (tertiary/aromatic N) is 1. The van der Waals surface area contributed by atoms with Gasteiger partial charge >= 0.3 is 0 Å². The Kier molecular flexibility index (Phi) is 4.64. The molecule has 108 valence electrons. The molecule has 1 aromatic heterocycles. The Hall–Kier alpha value is -0.450. The zero-order chi connectivity index (χ0) is 14.0. The summed E-state index contributed by atoms with van der Waals surface area (Å²) in [6, 6.07) is 0.645. The zero-order valence-corrected chi connectivity index (χ0v) is 13.6. The van der Waals surface area contributed by atoms with Crippen molar-refractivity contribution in [2.45, 2.75) is 58.5 Å². The molecule has 0 saturated heterocycles. The quantitative estimate of drug-likeness (QED) is 0.833. The minimum Gasteiger partial charge on any atom is -0.382 e. The molecule has 1 unspecified atom stereocenters. The minimum absolute atomic E-state index is 0.126. The molecule has 3 nitrogen and oxygen atoms in total. The molecule has 1 aromatic rings. The Bertz CT molecular complexity index is 426. The summed E-state index contributed by atoms with van der Waals surface area (Å²) in [4.78, 5) is 6.24. The average Bonchev–Trinajstić information content (AvgIpc) is 3.09. The molecule has 1 N–H and O–H groups in total. The molecule has 4 heteroatoms. The van der Waals surface area contributed by atoms with E-state index < -0.39 is 0 Å². The fraction of sp³-hybridized carbons (Fsp3) is 0.800. The summed E-state index contributed by atoms with van der Waals surface area (Å²) in [5, 5.41) is 5.01. The third kappa shape index (κ3) is 3.01. The molecular weight excluding hydrogens is 256 g/mol. The molecule has 1 fully saturated rings. The third-order valence-electron chi connectivity index (χ3n) is 4.01. The van der Waals surface area contributed by atoms with E-state index >= 15 is 0 Å². The largest absolute Gasteiger partial charge is 0.382 e. The molecule has 0 aromatic carbocycles. The van der Waals surface area contributed by atoms with Crippen LogP contribution in [0.3, 0.4) is 0 Å². The van der Waals surface area contributed by atoms with Crippen LogP contribution in [0.2, 0.25) is 0 Å². The van der Waals surface area contributed by atoms with E-state index in [4.69, 9.17) is 9.72 Å². The number of thiazole rings is 1. The van der Waals surface area contributed by atoms with Crippen molar-refractivity contribution in [2.24, 2.45) is 5.92 Å². The van der Waals surface area contributed by atoms with Crippen LogP contribution in [0.5, 0.6) is 0 Å². The molecule has 19 heavy (non-hydrogen) atoms. The van der Waals surface area contributed by atoms with Gasteiger partial charge in [0.25, 0.3) is 0 Å². The van der Waals surface area contributed by atoms with Crippen molar-refractivity contribution < 1.29 is 4.74 Å². The van der Waals surface area contributed by atoms with E-state index in [-0.39, 0.29) is 5.54 Å². The van der Waals surface area contributed by atoms with Crippen LogP contribution in [0.25, 0.3) is 0 Å². The molecule has 0 spiro atoms. The highest BCUT2D eigenvalue weighted by molar-refractivity contribution is 7.11. The van der Waals surface area contributed by atoms with Crippen LogP contribution < -0.4 is 5.32 Å². The monoisotopic (exact) mass is 282 g/mol. The van der Waals surface area contributed by atoms with Crippen molar-refractivity contribution in [1.29, 1.82) is 0 Å². The van der Waals surface area contributed by atoms with Gasteiger partial charge in [-0.25, -0.2) is 4.98 Å². The van der Waals surface area contributed by atoms with Gasteiger partial charge in [-0.1, -0.05) is 20.8 Å². The molecule has 1 heterocycles. The number of aromatic nitrogens is 1. The minimum atomic E-state index is -0.126. The van der Waals surface area contributed by atoms with Crippen LogP contribution in [0.4, 0.5) is 0 Å². The van der Waals surface area contributed by atoms with E-state index in [0.29, 0.717) is 18.6 Å². The van der Waals surface area contributed by atoms with Crippen molar-refractivity contribution in [2.75, 3.05) is 13.7 Å². The summed E-state index contributed by atoms with van der Waals surface area (Å²) in [6.07, 6.45) is 3.57. The van der Waals surface area contributed by atoms with Gasteiger partial charge in [0.1, 0.15) is 5.01 Å². The molecule has 1 aliphatic carbocycles. The molecule has 1 atom stereocenters. The van der Waals surface area contributed by atoms with Crippen molar-refractivity contribution in [3.05, 3.63) is 15.6 Å². The van der Waals surface area contributed by atoms with Crippen LogP contribution >= 0.6 is 11.3 Å². The number of nitrogens with one attached hydrogen (secondary N) is 1. The van der Waals surface area contributed by atoms with Crippen molar-refractivity contribution in [1.82, 2.24) is 10.3 Å². The van der Waals surface area contributed by atoms with E-state index in [1.54, 1.807) is 7.11 Å². The molecule has 2 rings (SSSR count). The molecule has 0 radical (unpaired) electrons. The number of rotatable bonds is 7. The summed E-state index contributed by atoms with van der Waals surface area (Å²) >= 11 is 1.83. The lowest BCUT2D eigenvalue weighted by Crippen LogP contribution is -2.51. The van der Waals surface area contributed by atoms with Gasteiger partial charge in [0, 0.05) is 18.0 Å². The standard InChI is InChI=1S/C15H26N2OS/c1-6-13-11(4)19-14(16-13)15(9-18-5,10(2)3)17-12-7-8-12/h10,12,17H,6-9H2,1-5H3. The third-order valence-corrected chi connectivity index (χ3v) is 5.20. The summed E-state index contributed by atoms with van der Waals surface area (Å²) in [5.74, 6) is 0.461. The maximum absolute atomic E-state index is 5.54. The number of hydrogen-bond donors (Lipinski definition) is 1. The number of hydrogen-bond acceptors (Lipinski definition) is 4. The fourth-order valence-electron chi connectivity index (χ4n) is 2.51. The Morgan fingerprint density at radius 1 is 1.47 bits per heavy atom. The smallest absolute Gasteiger partial charge is 0.116 e. The normalized spacial score (nSPS) is 18.8. The highest BCUT2D eigenvalue weighted by atomic mass is 32.1. The Morgan fingerprint density at radius 3 is 2.58 bits per heavy atom. The van der Waals surface area contributed by atoms with E-state index in [2.05, 4.69) is 33.0 Å². The highest BCUT2D eigenvalue weighted by Gasteiger charge is 2.43. The van der Waals surface area contributed by atoms with Crippen LogP contribution in [-0.4, -0.2) is 24.7 Å². The summed E-state index contributed by atoms with van der Waals surface area (Å²) in [6.45, 7) is 9.56. The first-order valence-electron chi connectivity index (χ1n) is 7.27. The molecule has 0 amide bonds. The van der Waals surface area contributed by atoms with Gasteiger partial charge in [0.05, 0.1) is 17.8 Å². The number of methoxy groups -OCH3 is 1. The summed E-state index contributed by atoms with van der Waals surface area (Å²) < 4.78 is 5.54. The van der Waals surface area contributed by atoms with E-state index in [1.807, 2.05) is 11.3 Å². The second-order valence-electron chi connectivity index (χ2n) is 5.85. The first-order chi connectivity index (χ1) is 9.03. The lowest BCUT2D eigenvalue weighted by atomic mass is 9.87. The second kappa shape index (κ2) is 5.90. The highest BCUT2D eigenvalue weighted by Crippen LogP contribution is 2.37. The maximum atomic E-state index is 5.54. The van der Waals surface area contributed by atoms with Crippen LogP contribution in [-0.2, 0) is 16.7 Å². The Morgan fingerprint density at radius 2 is 2.16 bits per heavy atom. The first-order valence-corrected chi connectivity index (χ1v) is 8.08. The lowest BCUT2D eigenvalue weighted by molar-refractivity contribution is 0.0744. The van der Waals surface area contributed by atoms with Gasteiger partial charge in [-0.05, 0) is 32.1 Å². The van der Waals surface area contributed by atoms with Crippen LogP contribution in [0.1, 0.15) is 49.2 Å². The molecule has 0 bridgehead atoms. The number of ether oxygens (including phenoxy) is 1. The van der Waals surface area contributed by atoms with E-state index in [0.717, 1.165) is 6.42 Å². The predicted molar refractivity (Wildman–Crippen MR) is 80.8 cm³/mol. The zero-order valence-electron chi connectivity index (χ0n) is 12.7. The summed E-state index contributed by atoms with van der Waals surface area (Å²) in [7, 11) is 1.78. The molecule has 0 aliphatic heterocycles. The topological polar surface area (TPSA) is 34.1 Å². The van der Waals surface area contributed by atoms with Gasteiger partial charge in [0.2, 0.25) is 0 Å². The second-order valence-corrected chi connectivity index (χ2v) is 7.06. The molecule has 1 aliphatic rings. The first kappa shape index (κ1) is 14.9. The van der Waals surface area contributed by atoms with Crippen molar-refractivity contribution in [3.8, 4) is 0 Å². The Labute approximate surface area is 120 Å². The lowest BCUT2D eigenvalue weighted by Gasteiger charge is -2.36. The molecular formula is C15H26N2OS. The average molecular weight is 282 g/mol. The van der Waals surface area contributed by atoms with Crippen molar-refractivity contribution in [3.63, 3.8) is 0 Å². The molecule has 1 saturated carbocycles. The van der Waals surface area contributed by atoms with Gasteiger partial charge in [0.15, 0.2) is 0 Å². The van der Waals surface area contributed by atoms with E-state index in [1.165, 1.54) is 28.4 Å². The van der Waals surface area contributed by atoms with Gasteiger partial charge in [-0.3, -0.25) is 0 Å².